The Morgan fingerprint density at radius 1 is 1.44 bits per heavy atom. The van der Waals surface area contributed by atoms with Crippen LogP contribution in [0.5, 0.6) is 0 Å². The van der Waals surface area contributed by atoms with Crippen LogP contribution < -0.4 is 5.32 Å². The zero-order valence-corrected chi connectivity index (χ0v) is 10.3. The number of nitrogens with zero attached hydrogens (tertiary/aromatic N) is 3. The highest BCUT2D eigenvalue weighted by Gasteiger charge is 2.13. The van der Waals surface area contributed by atoms with E-state index in [4.69, 9.17) is 0 Å². The van der Waals surface area contributed by atoms with E-state index in [2.05, 4.69) is 10.4 Å². The molecule has 1 heterocycles. The monoisotopic (exact) mass is 246 g/mol. The lowest BCUT2D eigenvalue weighted by atomic mass is 10.1. The molecule has 1 aromatic heterocycles. The van der Waals surface area contributed by atoms with Gasteiger partial charge >= 0.3 is 0 Å². The standard InChI is InChI=1S/C12H14N4O2/c1-9-5-6-14-15(9)8-10-3-4-11(13-2)12(7-10)16(17)18/h3-7,13H,8H2,1-2H3. The fourth-order valence-corrected chi connectivity index (χ4v) is 1.78. The number of anilines is 1. The molecule has 2 rings (SSSR count). The van der Waals surface area contributed by atoms with Gasteiger partial charge in [-0.1, -0.05) is 6.07 Å². The third-order valence-corrected chi connectivity index (χ3v) is 2.79. The Kier molecular flexibility index (Phi) is 3.27. The summed E-state index contributed by atoms with van der Waals surface area (Å²) < 4.78 is 1.80. The second-order valence-corrected chi connectivity index (χ2v) is 3.99. The van der Waals surface area contributed by atoms with Gasteiger partial charge in [-0.2, -0.15) is 5.10 Å². The van der Waals surface area contributed by atoms with Gasteiger partial charge < -0.3 is 5.32 Å². The minimum Gasteiger partial charge on any atom is -0.383 e. The summed E-state index contributed by atoms with van der Waals surface area (Å²) >= 11 is 0. The molecule has 0 aliphatic heterocycles. The van der Waals surface area contributed by atoms with Crippen LogP contribution in [0.1, 0.15) is 11.3 Å². The summed E-state index contributed by atoms with van der Waals surface area (Å²) in [5, 5.41) is 17.9. The number of aromatic nitrogens is 2. The first-order chi connectivity index (χ1) is 8.61. The van der Waals surface area contributed by atoms with Crippen molar-refractivity contribution < 1.29 is 4.92 Å². The first-order valence-electron chi connectivity index (χ1n) is 5.55. The van der Waals surface area contributed by atoms with Crippen LogP contribution in [0, 0.1) is 17.0 Å². The lowest BCUT2D eigenvalue weighted by Crippen LogP contribution is -2.05. The molecule has 1 N–H and O–H groups in total. The van der Waals surface area contributed by atoms with Gasteiger partial charge in [0.1, 0.15) is 5.69 Å². The second-order valence-electron chi connectivity index (χ2n) is 3.99. The number of nitro benzene ring substituents is 1. The molecule has 0 atom stereocenters. The van der Waals surface area contributed by atoms with Crippen molar-refractivity contribution in [2.45, 2.75) is 13.5 Å². The summed E-state index contributed by atoms with van der Waals surface area (Å²) in [6.07, 6.45) is 1.71. The van der Waals surface area contributed by atoms with Gasteiger partial charge in [-0.25, -0.2) is 0 Å². The average Bonchev–Trinajstić information content (AvgIpc) is 2.75. The summed E-state index contributed by atoms with van der Waals surface area (Å²) in [7, 11) is 1.67. The SMILES string of the molecule is CNc1ccc(Cn2nccc2C)cc1[N+](=O)[O-]. The Labute approximate surface area is 104 Å². The van der Waals surface area contributed by atoms with E-state index < -0.39 is 0 Å². The van der Waals surface area contributed by atoms with Crippen molar-refractivity contribution in [2.24, 2.45) is 0 Å². The molecule has 2 aromatic rings. The van der Waals surface area contributed by atoms with Crippen LogP contribution in [0.3, 0.4) is 0 Å². The van der Waals surface area contributed by atoms with E-state index in [1.165, 1.54) is 0 Å². The molecular weight excluding hydrogens is 232 g/mol. The highest BCUT2D eigenvalue weighted by atomic mass is 16.6. The fraction of sp³-hybridized carbons (Fsp3) is 0.250. The molecule has 0 fully saturated rings. The Hall–Kier alpha value is -2.37. The average molecular weight is 246 g/mol. The van der Waals surface area contributed by atoms with Gasteiger partial charge in [0.05, 0.1) is 11.5 Å². The molecule has 0 saturated carbocycles. The number of rotatable bonds is 4. The van der Waals surface area contributed by atoms with Gasteiger partial charge in [0, 0.05) is 25.0 Å². The highest BCUT2D eigenvalue weighted by molar-refractivity contribution is 5.62. The van der Waals surface area contributed by atoms with Crippen LogP contribution in [-0.2, 0) is 6.54 Å². The lowest BCUT2D eigenvalue weighted by molar-refractivity contribution is -0.384. The highest BCUT2D eigenvalue weighted by Crippen LogP contribution is 2.25. The maximum absolute atomic E-state index is 10.9. The van der Waals surface area contributed by atoms with Crippen LogP contribution in [-0.4, -0.2) is 21.8 Å². The predicted molar refractivity (Wildman–Crippen MR) is 68.7 cm³/mol. The van der Waals surface area contributed by atoms with E-state index in [1.807, 2.05) is 19.1 Å². The number of hydrogen-bond donors (Lipinski definition) is 1. The molecule has 0 radical (unpaired) electrons. The second kappa shape index (κ2) is 4.87. The Morgan fingerprint density at radius 2 is 2.22 bits per heavy atom. The summed E-state index contributed by atoms with van der Waals surface area (Å²) in [6.45, 7) is 2.48. The van der Waals surface area contributed by atoms with E-state index in [1.54, 1.807) is 30.1 Å². The maximum atomic E-state index is 10.9. The molecule has 0 aliphatic carbocycles. The molecule has 6 heteroatoms. The lowest BCUT2D eigenvalue weighted by Gasteiger charge is -2.07. The first kappa shape index (κ1) is 12.1. The van der Waals surface area contributed by atoms with Gasteiger partial charge in [0.15, 0.2) is 0 Å². The molecule has 1 aromatic carbocycles. The van der Waals surface area contributed by atoms with E-state index in [0.717, 1.165) is 11.3 Å². The first-order valence-corrected chi connectivity index (χ1v) is 5.55. The normalized spacial score (nSPS) is 10.3. The summed E-state index contributed by atoms with van der Waals surface area (Å²) in [5.74, 6) is 0. The van der Waals surface area contributed by atoms with Gasteiger partial charge in [0.2, 0.25) is 0 Å². The number of aryl methyl sites for hydroxylation is 1. The van der Waals surface area contributed by atoms with Crippen molar-refractivity contribution in [2.75, 3.05) is 12.4 Å². The molecule has 0 unspecified atom stereocenters. The predicted octanol–water partition coefficient (Wildman–Crippen LogP) is 2.19. The number of benzene rings is 1. The molecule has 0 saturated heterocycles. The van der Waals surface area contributed by atoms with Crippen molar-refractivity contribution in [3.8, 4) is 0 Å². The van der Waals surface area contributed by atoms with E-state index in [9.17, 15) is 10.1 Å². The van der Waals surface area contributed by atoms with Crippen LogP contribution in [0.15, 0.2) is 30.5 Å². The molecule has 6 nitrogen and oxygen atoms in total. The van der Waals surface area contributed by atoms with Crippen molar-refractivity contribution in [3.63, 3.8) is 0 Å². The third-order valence-electron chi connectivity index (χ3n) is 2.79. The topological polar surface area (TPSA) is 73.0 Å². The Bertz CT molecular complexity index is 577. The number of hydrogen-bond acceptors (Lipinski definition) is 4. The summed E-state index contributed by atoms with van der Waals surface area (Å²) in [5.41, 5.74) is 2.48. The zero-order chi connectivity index (χ0) is 13.1. The fourth-order valence-electron chi connectivity index (χ4n) is 1.78. The van der Waals surface area contributed by atoms with Crippen molar-refractivity contribution in [3.05, 3.63) is 51.8 Å². The van der Waals surface area contributed by atoms with E-state index in [-0.39, 0.29) is 10.6 Å². The molecule has 18 heavy (non-hydrogen) atoms. The van der Waals surface area contributed by atoms with E-state index in [0.29, 0.717) is 12.2 Å². The Balaban J connectivity index is 2.33. The molecule has 0 spiro atoms. The smallest absolute Gasteiger partial charge is 0.292 e. The van der Waals surface area contributed by atoms with Gasteiger partial charge in [-0.15, -0.1) is 0 Å². The minimum absolute atomic E-state index is 0.0832. The van der Waals surface area contributed by atoms with Crippen LogP contribution in [0.2, 0.25) is 0 Å². The van der Waals surface area contributed by atoms with Crippen molar-refractivity contribution >= 4 is 11.4 Å². The van der Waals surface area contributed by atoms with E-state index >= 15 is 0 Å². The molecule has 0 bridgehead atoms. The maximum Gasteiger partial charge on any atom is 0.292 e. The quantitative estimate of drug-likeness (QED) is 0.663. The van der Waals surface area contributed by atoms with Crippen molar-refractivity contribution in [1.82, 2.24) is 9.78 Å². The van der Waals surface area contributed by atoms with Crippen LogP contribution >= 0.6 is 0 Å². The zero-order valence-electron chi connectivity index (χ0n) is 10.3. The molecule has 0 amide bonds. The van der Waals surface area contributed by atoms with Crippen LogP contribution in [0.4, 0.5) is 11.4 Å². The number of nitro groups is 1. The third kappa shape index (κ3) is 2.32. The molecule has 94 valence electrons. The van der Waals surface area contributed by atoms with Gasteiger partial charge in [-0.3, -0.25) is 14.8 Å². The molecule has 0 aliphatic rings. The number of nitrogens with one attached hydrogen (secondary N) is 1. The van der Waals surface area contributed by atoms with Gasteiger partial charge in [0.25, 0.3) is 5.69 Å². The van der Waals surface area contributed by atoms with Gasteiger partial charge in [-0.05, 0) is 24.6 Å². The minimum atomic E-state index is -0.384. The Morgan fingerprint density at radius 3 is 2.78 bits per heavy atom. The molecular formula is C12H14N4O2. The van der Waals surface area contributed by atoms with Crippen molar-refractivity contribution in [1.29, 1.82) is 0 Å². The summed E-state index contributed by atoms with van der Waals surface area (Å²) in [4.78, 5) is 10.6. The van der Waals surface area contributed by atoms with Crippen LogP contribution in [0.25, 0.3) is 0 Å². The summed E-state index contributed by atoms with van der Waals surface area (Å²) in [6, 6.07) is 7.05. The largest absolute Gasteiger partial charge is 0.383 e.